The van der Waals surface area contributed by atoms with Gasteiger partial charge in [0.15, 0.2) is 0 Å². The molecule has 1 aliphatic heterocycles. The van der Waals surface area contributed by atoms with Crippen molar-refractivity contribution < 1.29 is 27.8 Å². The molecule has 1 atom stereocenters. The number of aliphatic carboxylic acids is 1. The fourth-order valence-electron chi connectivity index (χ4n) is 2.36. The lowest BCUT2D eigenvalue weighted by Gasteiger charge is -2.40. The van der Waals surface area contributed by atoms with Crippen LogP contribution in [-0.4, -0.2) is 40.2 Å². The second kappa shape index (κ2) is 7.43. The Kier molecular flexibility index (Phi) is 5.72. The molecule has 0 spiro atoms. The smallest absolute Gasteiger partial charge is 0.419 e. The molecule has 0 bridgehead atoms. The van der Waals surface area contributed by atoms with Crippen LogP contribution in [0.15, 0.2) is 29.8 Å². The number of allylic oxidation sites excluding steroid dienone is 1. The first-order chi connectivity index (χ1) is 11.6. The van der Waals surface area contributed by atoms with Gasteiger partial charge in [-0.2, -0.15) is 13.2 Å². The zero-order valence-electron chi connectivity index (χ0n) is 13.8. The zero-order valence-corrected chi connectivity index (χ0v) is 14.6. The van der Waals surface area contributed by atoms with Crippen LogP contribution in [0.4, 0.5) is 13.2 Å². The first kappa shape index (κ1) is 19.2. The highest BCUT2D eigenvalue weighted by atomic mass is 32.1. The normalized spacial score (nSPS) is 16.8. The van der Waals surface area contributed by atoms with Crippen LogP contribution < -0.4 is 4.74 Å². The van der Waals surface area contributed by atoms with Crippen molar-refractivity contribution in [3.8, 4) is 5.75 Å². The first-order valence-corrected chi connectivity index (χ1v) is 8.03. The highest BCUT2D eigenvalue weighted by molar-refractivity contribution is 7.80. The number of likely N-dealkylation sites (tertiary alicyclic amines) is 1. The van der Waals surface area contributed by atoms with Gasteiger partial charge in [0.1, 0.15) is 23.4 Å². The molecule has 1 aromatic rings. The van der Waals surface area contributed by atoms with Crippen LogP contribution >= 0.6 is 12.2 Å². The Bertz CT molecular complexity index is 712. The Hall–Kier alpha value is -2.09. The fourth-order valence-corrected chi connectivity index (χ4v) is 2.71. The standard InChI is InChI=1S/C17H18F3NO3S/c1-10(2)6-8-24-14-4-3-11(9-12(14)17(18,19)20)15(25)21-7-5-13(21)16(22)23/h3-4,6,9,13H,5,7-8H2,1-2H3,(H,22,23)/t13-/m1/s1. The van der Waals surface area contributed by atoms with Crippen LogP contribution in [0, 0.1) is 0 Å². The molecular formula is C17H18F3NO3S. The minimum absolute atomic E-state index is 0.0302. The van der Waals surface area contributed by atoms with Gasteiger partial charge in [0.2, 0.25) is 0 Å². The molecule has 0 radical (unpaired) electrons. The molecule has 25 heavy (non-hydrogen) atoms. The summed E-state index contributed by atoms with van der Waals surface area (Å²) >= 11 is 5.18. The van der Waals surface area contributed by atoms with Crippen molar-refractivity contribution >= 4 is 23.2 Å². The Labute approximate surface area is 148 Å². The van der Waals surface area contributed by atoms with Crippen molar-refractivity contribution in [2.24, 2.45) is 0 Å². The van der Waals surface area contributed by atoms with Crippen molar-refractivity contribution in [3.05, 3.63) is 41.0 Å². The second-order valence-corrected chi connectivity index (χ2v) is 6.33. The lowest BCUT2D eigenvalue weighted by Crippen LogP contribution is -2.54. The van der Waals surface area contributed by atoms with E-state index >= 15 is 0 Å². The molecule has 1 N–H and O–H groups in total. The summed E-state index contributed by atoms with van der Waals surface area (Å²) in [6.07, 6.45) is -2.51. The average Bonchev–Trinajstić information content (AvgIpc) is 2.44. The van der Waals surface area contributed by atoms with E-state index in [4.69, 9.17) is 22.1 Å². The molecule has 1 aromatic carbocycles. The summed E-state index contributed by atoms with van der Waals surface area (Å²) in [6, 6.07) is 2.78. The lowest BCUT2D eigenvalue weighted by atomic mass is 10.0. The van der Waals surface area contributed by atoms with Crippen molar-refractivity contribution in [3.63, 3.8) is 0 Å². The molecular weight excluding hydrogens is 355 g/mol. The van der Waals surface area contributed by atoms with E-state index in [1.165, 1.54) is 17.0 Å². The number of rotatable bonds is 5. The molecule has 0 aromatic heterocycles. The van der Waals surface area contributed by atoms with Gasteiger partial charge < -0.3 is 14.7 Å². The Morgan fingerprint density at radius 1 is 1.44 bits per heavy atom. The number of benzene rings is 1. The molecule has 4 nitrogen and oxygen atoms in total. The van der Waals surface area contributed by atoms with E-state index in [9.17, 15) is 18.0 Å². The molecule has 0 unspecified atom stereocenters. The summed E-state index contributed by atoms with van der Waals surface area (Å²) in [5.74, 6) is -1.32. The maximum absolute atomic E-state index is 13.3. The molecule has 0 saturated carbocycles. The Morgan fingerprint density at radius 3 is 2.60 bits per heavy atom. The average molecular weight is 373 g/mol. The van der Waals surface area contributed by atoms with Crippen molar-refractivity contribution in [1.29, 1.82) is 0 Å². The van der Waals surface area contributed by atoms with Crippen molar-refractivity contribution in [2.45, 2.75) is 32.5 Å². The highest BCUT2D eigenvalue weighted by Crippen LogP contribution is 2.37. The molecule has 1 fully saturated rings. The Balaban J connectivity index is 2.28. The van der Waals surface area contributed by atoms with Gasteiger partial charge in [-0.05, 0) is 44.5 Å². The third-order valence-electron chi connectivity index (χ3n) is 3.83. The maximum atomic E-state index is 13.3. The second-order valence-electron chi connectivity index (χ2n) is 5.94. The number of ether oxygens (including phenoxy) is 1. The van der Waals surface area contributed by atoms with Crippen LogP contribution in [0.3, 0.4) is 0 Å². The van der Waals surface area contributed by atoms with Gasteiger partial charge in [0.05, 0.1) is 5.56 Å². The van der Waals surface area contributed by atoms with Crippen LogP contribution in [0.2, 0.25) is 0 Å². The van der Waals surface area contributed by atoms with E-state index < -0.39 is 23.8 Å². The van der Waals surface area contributed by atoms with Crippen LogP contribution in [-0.2, 0) is 11.0 Å². The molecule has 2 rings (SSSR count). The van der Waals surface area contributed by atoms with Crippen molar-refractivity contribution in [2.75, 3.05) is 13.2 Å². The predicted octanol–water partition coefficient (Wildman–Crippen LogP) is 3.88. The summed E-state index contributed by atoms with van der Waals surface area (Å²) in [6.45, 7) is 4.08. The van der Waals surface area contributed by atoms with Crippen LogP contribution in [0.1, 0.15) is 31.4 Å². The molecule has 1 heterocycles. The lowest BCUT2D eigenvalue weighted by molar-refractivity contribution is -0.145. The van der Waals surface area contributed by atoms with E-state index in [-0.39, 0.29) is 22.9 Å². The number of halogens is 3. The third kappa shape index (κ3) is 4.50. The number of alkyl halides is 3. The van der Waals surface area contributed by atoms with Crippen LogP contribution in [0.5, 0.6) is 5.75 Å². The number of hydrogen-bond donors (Lipinski definition) is 1. The molecule has 0 aliphatic carbocycles. The first-order valence-electron chi connectivity index (χ1n) is 7.62. The number of thiocarbonyl (C=S) groups is 1. The number of carboxylic acids is 1. The van der Waals surface area contributed by atoms with Crippen LogP contribution in [0.25, 0.3) is 0 Å². The predicted molar refractivity (Wildman–Crippen MR) is 90.8 cm³/mol. The molecule has 0 amide bonds. The van der Waals surface area contributed by atoms with Gasteiger partial charge in [-0.3, -0.25) is 0 Å². The van der Waals surface area contributed by atoms with Gasteiger partial charge >= 0.3 is 12.1 Å². The van der Waals surface area contributed by atoms with E-state index in [1.54, 1.807) is 6.08 Å². The molecule has 136 valence electrons. The number of carbonyl (C=O) groups is 1. The van der Waals surface area contributed by atoms with Gasteiger partial charge in [-0.25, -0.2) is 4.79 Å². The van der Waals surface area contributed by atoms with Gasteiger partial charge in [0, 0.05) is 12.1 Å². The van der Waals surface area contributed by atoms with Gasteiger partial charge in [-0.1, -0.05) is 17.8 Å². The minimum Gasteiger partial charge on any atom is -0.489 e. The topological polar surface area (TPSA) is 49.8 Å². The van der Waals surface area contributed by atoms with E-state index in [2.05, 4.69) is 0 Å². The van der Waals surface area contributed by atoms with Gasteiger partial charge in [-0.15, -0.1) is 0 Å². The van der Waals surface area contributed by atoms with Gasteiger partial charge in [0.25, 0.3) is 0 Å². The third-order valence-corrected chi connectivity index (χ3v) is 4.30. The van der Waals surface area contributed by atoms with Crippen molar-refractivity contribution in [1.82, 2.24) is 4.90 Å². The fraction of sp³-hybridized carbons (Fsp3) is 0.412. The van der Waals surface area contributed by atoms with E-state index in [0.717, 1.165) is 11.6 Å². The highest BCUT2D eigenvalue weighted by Gasteiger charge is 2.38. The Morgan fingerprint density at radius 2 is 2.12 bits per heavy atom. The summed E-state index contributed by atoms with van der Waals surface area (Å²) in [5.41, 5.74) is 0.161. The largest absolute Gasteiger partial charge is 0.489 e. The van der Waals surface area contributed by atoms with E-state index in [0.29, 0.717) is 13.0 Å². The molecule has 8 heteroatoms. The van der Waals surface area contributed by atoms with E-state index in [1.807, 2.05) is 13.8 Å². The SMILES string of the molecule is CC(C)=CCOc1ccc(C(=S)N2CC[C@@H]2C(=O)O)cc1C(F)(F)F. The maximum Gasteiger partial charge on any atom is 0.419 e. The summed E-state index contributed by atoms with van der Waals surface area (Å²) in [4.78, 5) is 12.6. The monoisotopic (exact) mass is 373 g/mol. The quantitative estimate of drug-likeness (QED) is 0.627. The minimum atomic E-state index is -4.60. The number of carboxylic acid groups (broad SMARTS) is 1. The zero-order chi connectivity index (χ0) is 18.8. The molecule has 1 aliphatic rings. The summed E-state index contributed by atoms with van der Waals surface area (Å²) in [5, 5.41) is 9.06. The number of nitrogens with zero attached hydrogens (tertiary/aromatic N) is 1. The summed E-state index contributed by atoms with van der Waals surface area (Å²) < 4.78 is 45.2. The molecule has 1 saturated heterocycles. The summed E-state index contributed by atoms with van der Waals surface area (Å²) in [7, 11) is 0. The number of hydrogen-bond acceptors (Lipinski definition) is 3.